The number of rotatable bonds is 4. The van der Waals surface area contributed by atoms with Crippen LogP contribution in [0.15, 0.2) is 23.1 Å². The molecule has 0 aliphatic heterocycles. The van der Waals surface area contributed by atoms with Gasteiger partial charge in [0.05, 0.1) is 11.0 Å². The summed E-state index contributed by atoms with van der Waals surface area (Å²) in [4.78, 5) is -0.264. The van der Waals surface area contributed by atoms with Gasteiger partial charge in [-0.25, -0.2) is 17.9 Å². The molecule has 1 aromatic carbocycles. The lowest BCUT2D eigenvalue weighted by Crippen LogP contribution is -2.14. The summed E-state index contributed by atoms with van der Waals surface area (Å²) in [5, 5.41) is 14.2. The van der Waals surface area contributed by atoms with Gasteiger partial charge in [0.2, 0.25) is 10.0 Å². The van der Waals surface area contributed by atoms with Crippen LogP contribution in [-0.4, -0.2) is 19.6 Å². The number of sulfonamides is 1. The van der Waals surface area contributed by atoms with Crippen molar-refractivity contribution in [2.45, 2.75) is 30.8 Å². The van der Waals surface area contributed by atoms with E-state index in [0.717, 1.165) is 6.07 Å². The lowest BCUT2D eigenvalue weighted by molar-refractivity contribution is 0.169. The van der Waals surface area contributed by atoms with Gasteiger partial charge in [0.15, 0.2) is 0 Å². The van der Waals surface area contributed by atoms with Crippen molar-refractivity contribution in [3.63, 3.8) is 0 Å². The maximum absolute atomic E-state index is 13.4. The second-order valence-electron chi connectivity index (χ2n) is 3.56. The number of aliphatic hydroxyl groups is 1. The maximum atomic E-state index is 13.4. The number of nitrogens with two attached hydrogens (primary N) is 1. The van der Waals surface area contributed by atoms with E-state index in [1.165, 1.54) is 12.1 Å². The van der Waals surface area contributed by atoms with Gasteiger partial charge in [-0.3, -0.25) is 0 Å². The SMILES string of the molecule is CCC(O)Cc1ccc(S(N)(=O)=O)cc1F. The fraction of sp³-hybridized carbons (Fsp3) is 0.400. The molecule has 0 saturated heterocycles. The average Bonchev–Trinajstić information content (AvgIpc) is 2.19. The molecule has 1 rings (SSSR count). The number of aliphatic hydroxyl groups excluding tert-OH is 1. The summed E-state index contributed by atoms with van der Waals surface area (Å²) in [5.74, 6) is -0.668. The van der Waals surface area contributed by atoms with Crippen molar-refractivity contribution in [1.82, 2.24) is 0 Å². The average molecular weight is 247 g/mol. The number of halogens is 1. The van der Waals surface area contributed by atoms with Crippen LogP contribution < -0.4 is 5.14 Å². The van der Waals surface area contributed by atoms with E-state index < -0.39 is 21.9 Å². The standard InChI is InChI=1S/C10H14FNO3S/c1-2-8(13)5-7-3-4-9(6-10(7)11)16(12,14)15/h3-4,6,8,13H,2,5H2,1H3,(H2,12,14,15). The van der Waals surface area contributed by atoms with Crippen molar-refractivity contribution in [3.05, 3.63) is 29.6 Å². The molecule has 1 atom stereocenters. The molecule has 1 aromatic rings. The first kappa shape index (κ1) is 13.1. The Bertz CT molecular complexity index is 473. The maximum Gasteiger partial charge on any atom is 0.238 e. The Morgan fingerprint density at radius 2 is 2.12 bits per heavy atom. The summed E-state index contributed by atoms with van der Waals surface area (Å²) in [7, 11) is -3.88. The van der Waals surface area contributed by atoms with Crippen LogP contribution >= 0.6 is 0 Å². The van der Waals surface area contributed by atoms with E-state index in [1.54, 1.807) is 6.92 Å². The molecule has 16 heavy (non-hydrogen) atoms. The van der Waals surface area contributed by atoms with Crippen LogP contribution in [0.5, 0.6) is 0 Å². The molecule has 0 saturated carbocycles. The molecular weight excluding hydrogens is 233 g/mol. The number of hydrogen-bond acceptors (Lipinski definition) is 3. The van der Waals surface area contributed by atoms with Crippen LogP contribution in [0, 0.1) is 5.82 Å². The van der Waals surface area contributed by atoms with Crippen LogP contribution in [0.3, 0.4) is 0 Å². The predicted octanol–water partition coefficient (Wildman–Crippen LogP) is 0.786. The van der Waals surface area contributed by atoms with Gasteiger partial charge in [0, 0.05) is 6.42 Å². The largest absolute Gasteiger partial charge is 0.393 e. The highest BCUT2D eigenvalue weighted by Crippen LogP contribution is 2.15. The van der Waals surface area contributed by atoms with E-state index in [2.05, 4.69) is 0 Å². The molecule has 6 heteroatoms. The summed E-state index contributed by atoms with van der Waals surface area (Å²) in [6.07, 6.45) is 0.0405. The fourth-order valence-corrected chi connectivity index (χ4v) is 1.79. The van der Waals surface area contributed by atoms with E-state index in [-0.39, 0.29) is 16.9 Å². The van der Waals surface area contributed by atoms with Crippen LogP contribution in [-0.2, 0) is 16.4 Å². The Hall–Kier alpha value is -0.980. The van der Waals surface area contributed by atoms with Gasteiger partial charge in [-0.15, -0.1) is 0 Å². The Kier molecular flexibility index (Phi) is 4.01. The van der Waals surface area contributed by atoms with E-state index in [0.29, 0.717) is 6.42 Å². The Morgan fingerprint density at radius 3 is 2.56 bits per heavy atom. The van der Waals surface area contributed by atoms with Gasteiger partial charge in [0.25, 0.3) is 0 Å². The molecule has 0 spiro atoms. The van der Waals surface area contributed by atoms with Crippen molar-refractivity contribution in [2.75, 3.05) is 0 Å². The summed E-state index contributed by atoms with van der Waals surface area (Å²) in [6.45, 7) is 1.78. The monoisotopic (exact) mass is 247 g/mol. The normalized spacial score (nSPS) is 13.8. The summed E-state index contributed by atoms with van der Waals surface area (Å²) in [6, 6.07) is 3.43. The fourth-order valence-electron chi connectivity index (χ4n) is 1.27. The molecular formula is C10H14FNO3S. The molecule has 0 aliphatic carbocycles. The minimum atomic E-state index is -3.88. The summed E-state index contributed by atoms with van der Waals surface area (Å²) in [5.41, 5.74) is 0.279. The molecule has 0 fully saturated rings. The Labute approximate surface area is 94.0 Å². The van der Waals surface area contributed by atoms with E-state index in [1.807, 2.05) is 0 Å². The van der Waals surface area contributed by atoms with Crippen LogP contribution in [0.4, 0.5) is 4.39 Å². The van der Waals surface area contributed by atoms with Crippen LogP contribution in [0.1, 0.15) is 18.9 Å². The third kappa shape index (κ3) is 3.26. The molecule has 0 heterocycles. The first-order valence-corrected chi connectivity index (χ1v) is 6.38. The Balaban J connectivity index is 3.01. The topological polar surface area (TPSA) is 80.4 Å². The van der Waals surface area contributed by atoms with E-state index >= 15 is 0 Å². The van der Waals surface area contributed by atoms with Crippen LogP contribution in [0.25, 0.3) is 0 Å². The van der Waals surface area contributed by atoms with Gasteiger partial charge in [-0.2, -0.15) is 0 Å². The molecule has 0 aromatic heterocycles. The number of hydrogen-bond donors (Lipinski definition) is 2. The van der Waals surface area contributed by atoms with Gasteiger partial charge in [0.1, 0.15) is 5.82 Å². The van der Waals surface area contributed by atoms with Crippen molar-refractivity contribution in [3.8, 4) is 0 Å². The molecule has 90 valence electrons. The Morgan fingerprint density at radius 1 is 1.50 bits per heavy atom. The molecule has 0 amide bonds. The molecule has 0 aliphatic rings. The highest BCUT2D eigenvalue weighted by molar-refractivity contribution is 7.89. The zero-order chi connectivity index (χ0) is 12.3. The predicted molar refractivity (Wildman–Crippen MR) is 57.8 cm³/mol. The van der Waals surface area contributed by atoms with Crippen molar-refractivity contribution < 1.29 is 17.9 Å². The lowest BCUT2D eigenvalue weighted by Gasteiger charge is -2.09. The quantitative estimate of drug-likeness (QED) is 0.825. The number of primary sulfonamides is 1. The van der Waals surface area contributed by atoms with Crippen molar-refractivity contribution in [2.24, 2.45) is 5.14 Å². The van der Waals surface area contributed by atoms with Crippen LogP contribution in [0.2, 0.25) is 0 Å². The van der Waals surface area contributed by atoms with Crippen molar-refractivity contribution >= 4 is 10.0 Å². The van der Waals surface area contributed by atoms with E-state index in [4.69, 9.17) is 5.14 Å². The van der Waals surface area contributed by atoms with Gasteiger partial charge < -0.3 is 5.11 Å². The smallest absolute Gasteiger partial charge is 0.238 e. The first-order chi connectivity index (χ1) is 7.34. The highest BCUT2D eigenvalue weighted by atomic mass is 32.2. The van der Waals surface area contributed by atoms with Crippen molar-refractivity contribution in [1.29, 1.82) is 0 Å². The zero-order valence-electron chi connectivity index (χ0n) is 8.85. The van der Waals surface area contributed by atoms with Gasteiger partial charge >= 0.3 is 0 Å². The lowest BCUT2D eigenvalue weighted by atomic mass is 10.1. The summed E-state index contributed by atoms with van der Waals surface area (Å²) < 4.78 is 35.3. The molecule has 4 nitrogen and oxygen atoms in total. The second kappa shape index (κ2) is 4.90. The first-order valence-electron chi connectivity index (χ1n) is 4.84. The minimum absolute atomic E-state index is 0.160. The summed E-state index contributed by atoms with van der Waals surface area (Å²) >= 11 is 0. The second-order valence-corrected chi connectivity index (χ2v) is 5.13. The third-order valence-electron chi connectivity index (χ3n) is 2.28. The molecule has 1 unspecified atom stereocenters. The number of benzene rings is 1. The molecule has 0 radical (unpaired) electrons. The third-order valence-corrected chi connectivity index (χ3v) is 3.19. The van der Waals surface area contributed by atoms with Gasteiger partial charge in [-0.1, -0.05) is 13.0 Å². The molecule has 3 N–H and O–H groups in total. The molecule has 0 bridgehead atoms. The highest BCUT2D eigenvalue weighted by Gasteiger charge is 2.13. The van der Waals surface area contributed by atoms with E-state index in [9.17, 15) is 17.9 Å². The zero-order valence-corrected chi connectivity index (χ0v) is 9.67. The van der Waals surface area contributed by atoms with Gasteiger partial charge in [-0.05, 0) is 24.1 Å². The minimum Gasteiger partial charge on any atom is -0.393 e.